The molecule has 0 aromatic heterocycles. The number of aryl methyl sites for hydroxylation is 1. The summed E-state index contributed by atoms with van der Waals surface area (Å²) in [5, 5.41) is 11.1. The van der Waals surface area contributed by atoms with Crippen molar-refractivity contribution in [1.29, 1.82) is 0 Å². The zero-order valence-corrected chi connectivity index (χ0v) is 23.4. The van der Waals surface area contributed by atoms with Gasteiger partial charge in [0.05, 0.1) is 12.2 Å². The van der Waals surface area contributed by atoms with Crippen molar-refractivity contribution in [2.45, 2.75) is 123 Å². The highest BCUT2D eigenvalue weighted by atomic mass is 16.6. The molecule has 1 saturated carbocycles. The van der Waals surface area contributed by atoms with Crippen molar-refractivity contribution in [1.82, 2.24) is 0 Å². The molecule has 1 N–H and O–H groups in total. The smallest absolute Gasteiger partial charge is 0.160 e. The van der Waals surface area contributed by atoms with Crippen molar-refractivity contribution in [2.24, 2.45) is 17.3 Å². The molecule has 0 bridgehead atoms. The largest absolute Gasteiger partial charge is 0.491 e. The van der Waals surface area contributed by atoms with Gasteiger partial charge in [-0.1, -0.05) is 58.4 Å². The molecule has 5 atom stereocenters. The van der Waals surface area contributed by atoms with E-state index in [0.717, 1.165) is 37.9 Å². The maximum Gasteiger partial charge on any atom is 0.160 e. The van der Waals surface area contributed by atoms with E-state index in [4.69, 9.17) is 9.47 Å². The van der Waals surface area contributed by atoms with Crippen molar-refractivity contribution < 1.29 is 14.6 Å². The lowest BCUT2D eigenvalue weighted by atomic mass is 9.49. The average Bonchev–Trinajstić information content (AvgIpc) is 2.78. The summed E-state index contributed by atoms with van der Waals surface area (Å²) in [7, 11) is 0. The Labute approximate surface area is 214 Å². The van der Waals surface area contributed by atoms with E-state index in [1.807, 2.05) is 13.8 Å². The molecule has 0 radical (unpaired) electrons. The lowest BCUT2D eigenvalue weighted by Crippen LogP contribution is -2.54. The number of hydrogen-bond acceptors (Lipinski definition) is 3. The Kier molecular flexibility index (Phi) is 7.34. The Hall–Kier alpha value is -1.58. The first-order chi connectivity index (χ1) is 16.4. The van der Waals surface area contributed by atoms with Gasteiger partial charge in [0, 0.05) is 5.41 Å². The maximum atomic E-state index is 11.1. The molecule has 0 spiro atoms. The average molecular weight is 481 g/mol. The zero-order valence-electron chi connectivity index (χ0n) is 23.4. The molecule has 3 heteroatoms. The molecule has 3 aliphatic carbocycles. The normalized spacial score (nSPS) is 31.7. The summed E-state index contributed by atoms with van der Waals surface area (Å²) in [5.74, 6) is 1.88. The maximum absolute atomic E-state index is 11.1. The molecule has 3 nitrogen and oxygen atoms in total. The molecule has 5 unspecified atom stereocenters. The standard InChI is InChI=1S/C32H48O3/c1-21(2)34-26-14-11-24(12-15-26)30(5,6)25-13-16-27-23(20-25)10-17-28-31(27,7)18-9-19-32(28,8)29(33)35-22(3)4/h11,13-16,20-22,24,28-29,33H,9-10,12,17-19H2,1-8H3. The highest BCUT2D eigenvalue weighted by Gasteiger charge is 2.55. The van der Waals surface area contributed by atoms with E-state index in [1.165, 1.54) is 23.1 Å². The van der Waals surface area contributed by atoms with Gasteiger partial charge >= 0.3 is 0 Å². The zero-order chi connectivity index (χ0) is 25.6. The predicted molar refractivity (Wildman–Crippen MR) is 144 cm³/mol. The van der Waals surface area contributed by atoms with Crippen LogP contribution in [0.3, 0.4) is 0 Å². The summed E-state index contributed by atoms with van der Waals surface area (Å²) in [6, 6.07) is 7.31. The molecule has 1 aromatic rings. The highest BCUT2D eigenvalue weighted by molar-refractivity contribution is 5.44. The van der Waals surface area contributed by atoms with E-state index >= 15 is 0 Å². The van der Waals surface area contributed by atoms with Crippen molar-refractivity contribution in [3.63, 3.8) is 0 Å². The molecule has 35 heavy (non-hydrogen) atoms. The second kappa shape index (κ2) is 9.71. The summed E-state index contributed by atoms with van der Waals surface area (Å²) in [5.41, 5.74) is 4.37. The van der Waals surface area contributed by atoms with Gasteiger partial charge in [-0.25, -0.2) is 0 Å². The van der Waals surface area contributed by atoms with Gasteiger partial charge in [-0.05, 0) is 111 Å². The first kappa shape index (κ1) is 26.5. The van der Waals surface area contributed by atoms with Crippen LogP contribution in [0.2, 0.25) is 0 Å². The van der Waals surface area contributed by atoms with E-state index in [-0.39, 0.29) is 28.5 Å². The Bertz CT molecular complexity index is 971. The van der Waals surface area contributed by atoms with Gasteiger partial charge in [-0.2, -0.15) is 0 Å². The Balaban J connectivity index is 1.59. The van der Waals surface area contributed by atoms with Crippen molar-refractivity contribution in [2.75, 3.05) is 0 Å². The van der Waals surface area contributed by atoms with Crippen LogP contribution < -0.4 is 0 Å². The molecular weight excluding hydrogens is 432 g/mol. The monoisotopic (exact) mass is 480 g/mol. The van der Waals surface area contributed by atoms with Crippen LogP contribution in [-0.4, -0.2) is 23.6 Å². The summed E-state index contributed by atoms with van der Waals surface area (Å²) >= 11 is 0. The summed E-state index contributed by atoms with van der Waals surface area (Å²) in [6.45, 7) is 17.7. The van der Waals surface area contributed by atoms with Gasteiger partial charge in [-0.3, -0.25) is 0 Å². The van der Waals surface area contributed by atoms with Crippen LogP contribution in [0.15, 0.2) is 42.2 Å². The van der Waals surface area contributed by atoms with Gasteiger partial charge in [0.1, 0.15) is 5.76 Å². The number of allylic oxidation sites excluding steroid dienone is 3. The van der Waals surface area contributed by atoms with Gasteiger partial charge in [-0.15, -0.1) is 0 Å². The molecular formula is C32H48O3. The quantitative estimate of drug-likeness (QED) is 0.408. The summed E-state index contributed by atoms with van der Waals surface area (Å²) in [4.78, 5) is 0. The fourth-order valence-electron chi connectivity index (χ4n) is 7.36. The van der Waals surface area contributed by atoms with Gasteiger partial charge in [0.25, 0.3) is 0 Å². The first-order valence-electron chi connectivity index (χ1n) is 13.9. The minimum atomic E-state index is -0.706. The number of aliphatic hydroxyl groups excluding tert-OH is 1. The molecule has 0 heterocycles. The van der Waals surface area contributed by atoms with E-state index < -0.39 is 6.29 Å². The Morgan fingerprint density at radius 3 is 2.43 bits per heavy atom. The fourth-order valence-corrected chi connectivity index (χ4v) is 7.36. The SMILES string of the molecule is CC(C)OC1=CCC(C(C)(C)c2ccc3c(c2)CCC2C3(C)CCCC2(C)C(O)OC(C)C)C=C1. The van der Waals surface area contributed by atoms with E-state index in [0.29, 0.717) is 11.8 Å². The lowest BCUT2D eigenvalue weighted by molar-refractivity contribution is -0.224. The molecule has 1 aromatic carbocycles. The van der Waals surface area contributed by atoms with Crippen molar-refractivity contribution in [3.05, 3.63) is 58.9 Å². The summed E-state index contributed by atoms with van der Waals surface area (Å²) in [6.07, 6.45) is 12.9. The van der Waals surface area contributed by atoms with Gasteiger partial charge in [0.2, 0.25) is 0 Å². The Morgan fingerprint density at radius 2 is 1.80 bits per heavy atom. The van der Waals surface area contributed by atoms with Gasteiger partial charge < -0.3 is 14.6 Å². The second-order valence-corrected chi connectivity index (χ2v) is 13.0. The number of fused-ring (bicyclic) bond motifs is 3. The number of aliphatic hydroxyl groups is 1. The highest BCUT2D eigenvalue weighted by Crippen LogP contribution is 2.59. The van der Waals surface area contributed by atoms with Crippen LogP contribution in [0, 0.1) is 17.3 Å². The molecule has 4 rings (SSSR count). The Morgan fingerprint density at radius 1 is 1.06 bits per heavy atom. The molecule has 0 amide bonds. The number of ether oxygens (including phenoxy) is 2. The van der Waals surface area contributed by atoms with Crippen molar-refractivity contribution in [3.8, 4) is 0 Å². The summed E-state index contributed by atoms with van der Waals surface area (Å²) < 4.78 is 11.9. The molecule has 3 aliphatic rings. The second-order valence-electron chi connectivity index (χ2n) is 13.0. The number of rotatable bonds is 7. The topological polar surface area (TPSA) is 38.7 Å². The van der Waals surface area contributed by atoms with Crippen LogP contribution in [0.1, 0.15) is 104 Å². The molecule has 1 fully saturated rings. The van der Waals surface area contributed by atoms with Crippen LogP contribution in [0.25, 0.3) is 0 Å². The predicted octanol–water partition coefficient (Wildman–Crippen LogP) is 7.60. The minimum absolute atomic E-state index is 0.0346. The van der Waals surface area contributed by atoms with Crippen LogP contribution in [0.4, 0.5) is 0 Å². The van der Waals surface area contributed by atoms with Crippen LogP contribution in [0.5, 0.6) is 0 Å². The third-order valence-corrected chi connectivity index (χ3v) is 9.47. The van der Waals surface area contributed by atoms with E-state index in [9.17, 15) is 5.11 Å². The first-order valence-corrected chi connectivity index (χ1v) is 13.9. The third kappa shape index (κ3) is 4.88. The van der Waals surface area contributed by atoms with E-state index in [2.05, 4.69) is 78.0 Å². The number of hydrogen-bond donors (Lipinski definition) is 1. The third-order valence-electron chi connectivity index (χ3n) is 9.47. The lowest BCUT2D eigenvalue weighted by Gasteiger charge is -2.56. The van der Waals surface area contributed by atoms with E-state index in [1.54, 1.807) is 0 Å². The minimum Gasteiger partial charge on any atom is -0.491 e. The van der Waals surface area contributed by atoms with Crippen LogP contribution in [-0.2, 0) is 26.7 Å². The number of benzene rings is 1. The van der Waals surface area contributed by atoms with Crippen LogP contribution >= 0.6 is 0 Å². The van der Waals surface area contributed by atoms with Gasteiger partial charge in [0.15, 0.2) is 6.29 Å². The molecule has 0 saturated heterocycles. The fraction of sp³-hybridized carbons (Fsp3) is 0.688. The molecule has 0 aliphatic heterocycles. The molecule has 194 valence electrons. The van der Waals surface area contributed by atoms with Crippen molar-refractivity contribution >= 4 is 0 Å².